The molecule has 0 fully saturated rings. The number of carbonyl (C=O) groups excluding carboxylic acids is 2. The van der Waals surface area contributed by atoms with Crippen molar-refractivity contribution in [3.05, 3.63) is 63.9 Å². The van der Waals surface area contributed by atoms with Crippen LogP contribution in [0.3, 0.4) is 0 Å². The summed E-state index contributed by atoms with van der Waals surface area (Å²) in [5.74, 6) is -0.751. The number of rotatable bonds is 6. The average Bonchev–Trinajstić information content (AvgIpc) is 3.03. The summed E-state index contributed by atoms with van der Waals surface area (Å²) in [7, 11) is 0. The third-order valence-corrected chi connectivity index (χ3v) is 4.40. The van der Waals surface area contributed by atoms with Crippen molar-refractivity contribution in [1.29, 1.82) is 0 Å². The van der Waals surface area contributed by atoms with Crippen LogP contribution in [-0.4, -0.2) is 28.0 Å². The molecule has 0 unspecified atom stereocenters. The Balaban J connectivity index is 1.91. The Morgan fingerprint density at radius 2 is 2.00 bits per heavy atom. The first-order valence-electron chi connectivity index (χ1n) is 8.93. The molecular formula is C20H21N3O5. The molecule has 0 radical (unpaired) electrons. The maximum absolute atomic E-state index is 13.0. The summed E-state index contributed by atoms with van der Waals surface area (Å²) in [4.78, 5) is 41.8. The summed E-state index contributed by atoms with van der Waals surface area (Å²) in [6.07, 6.45) is 1.25. The molecule has 28 heavy (non-hydrogen) atoms. The first-order valence-corrected chi connectivity index (χ1v) is 8.93. The molecule has 1 atom stereocenters. The van der Waals surface area contributed by atoms with Crippen molar-refractivity contribution in [3.63, 3.8) is 0 Å². The molecule has 0 aliphatic rings. The minimum Gasteiger partial charge on any atom is -0.462 e. The van der Waals surface area contributed by atoms with E-state index in [4.69, 9.17) is 9.15 Å². The molecule has 0 aliphatic carbocycles. The van der Waals surface area contributed by atoms with E-state index in [0.717, 1.165) is 5.56 Å². The van der Waals surface area contributed by atoms with Crippen molar-refractivity contribution in [2.24, 2.45) is 0 Å². The van der Waals surface area contributed by atoms with Gasteiger partial charge in [-0.1, -0.05) is 30.3 Å². The molecule has 3 rings (SSSR count). The average molecular weight is 383 g/mol. The van der Waals surface area contributed by atoms with Crippen LogP contribution in [0.15, 0.2) is 45.9 Å². The van der Waals surface area contributed by atoms with Crippen molar-refractivity contribution in [1.82, 2.24) is 14.9 Å². The van der Waals surface area contributed by atoms with Gasteiger partial charge in [-0.05, 0) is 26.3 Å². The number of furan rings is 1. The Morgan fingerprint density at radius 3 is 2.68 bits per heavy atom. The lowest BCUT2D eigenvalue weighted by Gasteiger charge is -2.14. The van der Waals surface area contributed by atoms with Crippen LogP contribution < -0.4 is 10.9 Å². The van der Waals surface area contributed by atoms with Crippen molar-refractivity contribution in [2.45, 2.75) is 33.4 Å². The second-order valence-corrected chi connectivity index (χ2v) is 6.27. The van der Waals surface area contributed by atoms with Gasteiger partial charge < -0.3 is 14.5 Å². The molecule has 1 aromatic carbocycles. The molecule has 2 aromatic heterocycles. The van der Waals surface area contributed by atoms with Gasteiger partial charge in [0, 0.05) is 6.54 Å². The number of esters is 1. The number of hydrogen-bond acceptors (Lipinski definition) is 6. The topological polar surface area (TPSA) is 103 Å². The first-order chi connectivity index (χ1) is 13.4. The van der Waals surface area contributed by atoms with Gasteiger partial charge in [0.25, 0.3) is 5.56 Å². The maximum atomic E-state index is 13.0. The van der Waals surface area contributed by atoms with E-state index in [0.29, 0.717) is 6.54 Å². The number of fused-ring (bicyclic) bond motifs is 1. The number of benzene rings is 1. The van der Waals surface area contributed by atoms with Gasteiger partial charge >= 0.3 is 5.97 Å². The van der Waals surface area contributed by atoms with Crippen LogP contribution in [0.25, 0.3) is 11.1 Å². The largest absolute Gasteiger partial charge is 0.462 e. The summed E-state index contributed by atoms with van der Waals surface area (Å²) in [6, 6.07) is 8.62. The number of amides is 1. The lowest BCUT2D eigenvalue weighted by Crippen LogP contribution is -2.35. The van der Waals surface area contributed by atoms with Crippen molar-refractivity contribution in [3.8, 4) is 0 Å². The Kier molecular flexibility index (Phi) is 5.58. The summed E-state index contributed by atoms with van der Waals surface area (Å²) in [5, 5.41) is 2.81. The van der Waals surface area contributed by atoms with Gasteiger partial charge in [0.05, 0.1) is 6.61 Å². The van der Waals surface area contributed by atoms with Crippen LogP contribution in [0.5, 0.6) is 0 Å². The van der Waals surface area contributed by atoms with Crippen molar-refractivity contribution >= 4 is 23.0 Å². The summed E-state index contributed by atoms with van der Waals surface area (Å²) in [5.41, 5.74) is 0.491. The van der Waals surface area contributed by atoms with Crippen molar-refractivity contribution in [2.75, 3.05) is 6.61 Å². The van der Waals surface area contributed by atoms with Crippen LogP contribution in [-0.2, 0) is 16.1 Å². The fraction of sp³-hybridized carbons (Fsp3) is 0.300. The summed E-state index contributed by atoms with van der Waals surface area (Å²) >= 11 is 0. The Labute approximate surface area is 161 Å². The molecule has 0 saturated carbocycles. The number of nitrogens with one attached hydrogen (secondary N) is 1. The molecular weight excluding hydrogens is 362 g/mol. The summed E-state index contributed by atoms with van der Waals surface area (Å²) in [6.45, 7) is 5.33. The lowest BCUT2D eigenvalue weighted by atomic mass is 10.2. The number of aromatic nitrogens is 2. The second kappa shape index (κ2) is 8.08. The third-order valence-electron chi connectivity index (χ3n) is 4.40. The number of ether oxygens (including phenoxy) is 1. The third kappa shape index (κ3) is 3.66. The van der Waals surface area contributed by atoms with Gasteiger partial charge in [-0.15, -0.1) is 0 Å². The molecule has 0 spiro atoms. The predicted octanol–water partition coefficient (Wildman–Crippen LogP) is 2.35. The molecule has 1 N–H and O–H groups in total. The minimum atomic E-state index is -0.821. The van der Waals surface area contributed by atoms with E-state index in [1.54, 1.807) is 20.8 Å². The maximum Gasteiger partial charge on any atom is 0.342 e. The number of nitrogens with zero attached hydrogens (tertiary/aromatic N) is 2. The highest BCUT2D eigenvalue weighted by molar-refractivity contribution is 6.03. The van der Waals surface area contributed by atoms with Gasteiger partial charge in [-0.3, -0.25) is 14.2 Å². The van der Waals surface area contributed by atoms with Crippen LogP contribution in [0.4, 0.5) is 0 Å². The van der Waals surface area contributed by atoms with Crippen LogP contribution in [0.2, 0.25) is 0 Å². The smallest absolute Gasteiger partial charge is 0.342 e. The van der Waals surface area contributed by atoms with E-state index in [2.05, 4.69) is 10.3 Å². The molecule has 0 saturated heterocycles. The van der Waals surface area contributed by atoms with Crippen LogP contribution >= 0.6 is 0 Å². The SMILES string of the molecule is CCOC(=O)c1c(C)oc2ncn([C@@H](C)C(=O)NCc3ccccc3)c(=O)c12. The normalized spacial score (nSPS) is 12.0. The fourth-order valence-corrected chi connectivity index (χ4v) is 2.90. The standard InChI is InChI=1S/C20H21N3O5/c1-4-27-20(26)15-13(3)28-18-16(15)19(25)23(11-22-18)12(2)17(24)21-10-14-8-6-5-7-9-14/h5-9,11-12H,4,10H2,1-3H3,(H,21,24)/t12-/m0/s1. The molecule has 0 bridgehead atoms. The van der Waals surface area contributed by atoms with E-state index in [-0.39, 0.29) is 34.9 Å². The quantitative estimate of drug-likeness (QED) is 0.656. The highest BCUT2D eigenvalue weighted by Crippen LogP contribution is 2.22. The zero-order valence-electron chi connectivity index (χ0n) is 15.9. The second-order valence-electron chi connectivity index (χ2n) is 6.27. The van der Waals surface area contributed by atoms with E-state index in [1.807, 2.05) is 30.3 Å². The van der Waals surface area contributed by atoms with Gasteiger partial charge in [-0.25, -0.2) is 9.78 Å². The van der Waals surface area contributed by atoms with Gasteiger partial charge in [0.1, 0.15) is 29.1 Å². The molecule has 0 aliphatic heterocycles. The minimum absolute atomic E-state index is 0.0150. The Hall–Kier alpha value is -3.42. The van der Waals surface area contributed by atoms with Gasteiger partial charge in [0.15, 0.2) is 0 Å². The highest BCUT2D eigenvalue weighted by Gasteiger charge is 2.26. The molecule has 3 aromatic rings. The Morgan fingerprint density at radius 1 is 1.29 bits per heavy atom. The van der Waals surface area contributed by atoms with E-state index >= 15 is 0 Å². The molecule has 8 nitrogen and oxygen atoms in total. The zero-order chi connectivity index (χ0) is 20.3. The molecule has 1 amide bonds. The highest BCUT2D eigenvalue weighted by atomic mass is 16.5. The van der Waals surface area contributed by atoms with E-state index < -0.39 is 17.6 Å². The van der Waals surface area contributed by atoms with E-state index in [1.165, 1.54) is 10.9 Å². The van der Waals surface area contributed by atoms with Gasteiger partial charge in [0.2, 0.25) is 11.6 Å². The summed E-state index contributed by atoms with van der Waals surface area (Å²) < 4.78 is 11.6. The molecule has 8 heteroatoms. The monoisotopic (exact) mass is 383 g/mol. The lowest BCUT2D eigenvalue weighted by molar-refractivity contribution is -0.124. The van der Waals surface area contributed by atoms with Crippen molar-refractivity contribution < 1.29 is 18.7 Å². The molecule has 146 valence electrons. The zero-order valence-corrected chi connectivity index (χ0v) is 15.9. The first kappa shape index (κ1) is 19.3. The predicted molar refractivity (Wildman–Crippen MR) is 102 cm³/mol. The number of carbonyl (C=O) groups is 2. The number of aryl methyl sites for hydroxylation is 1. The van der Waals surface area contributed by atoms with Crippen LogP contribution in [0.1, 0.15) is 41.6 Å². The Bertz CT molecular complexity index is 1070. The fourth-order valence-electron chi connectivity index (χ4n) is 2.90. The van der Waals surface area contributed by atoms with Gasteiger partial charge in [-0.2, -0.15) is 0 Å². The number of hydrogen-bond donors (Lipinski definition) is 1. The van der Waals surface area contributed by atoms with E-state index in [9.17, 15) is 14.4 Å². The van der Waals surface area contributed by atoms with Crippen LogP contribution in [0, 0.1) is 6.92 Å². The molecule has 2 heterocycles.